The minimum Gasteiger partial charge on any atom is -0.464 e. The van der Waals surface area contributed by atoms with E-state index in [2.05, 4.69) is 0 Å². The first-order chi connectivity index (χ1) is 8.47. The van der Waals surface area contributed by atoms with Gasteiger partial charge in [0.15, 0.2) is 0 Å². The summed E-state index contributed by atoms with van der Waals surface area (Å²) < 4.78 is 5.57. The molecule has 1 aromatic heterocycles. The highest BCUT2D eigenvalue weighted by atomic mass is 16.3. The number of hydrogen-bond acceptors (Lipinski definition) is 1. The zero-order chi connectivity index (χ0) is 11.8. The molecule has 84 valence electrons. The fourth-order valence-electron chi connectivity index (χ4n) is 1.43. The normalized spacial score (nSPS) is 9.18. The average molecular weight is 222 g/mol. The summed E-state index contributed by atoms with van der Waals surface area (Å²) in [5, 5.41) is 1.06. The first-order valence-corrected chi connectivity index (χ1v) is 5.56. The molecule has 0 saturated carbocycles. The average Bonchev–Trinajstić information content (AvgIpc) is 2.38. The summed E-state index contributed by atoms with van der Waals surface area (Å²) in [7, 11) is 0. The maximum absolute atomic E-state index is 5.57. The molecule has 0 aliphatic heterocycles. The molecule has 0 N–H and O–H groups in total. The van der Waals surface area contributed by atoms with E-state index in [1.165, 1.54) is 0 Å². The lowest BCUT2D eigenvalue weighted by Gasteiger charge is -1.89. The molecule has 0 spiro atoms. The molecule has 0 atom stereocenters. The number of rotatable bonds is 0. The van der Waals surface area contributed by atoms with Crippen LogP contribution in [0.3, 0.4) is 0 Å². The van der Waals surface area contributed by atoms with E-state index in [9.17, 15) is 0 Å². The SMILES string of the molecule is c1cccccc2ccccc2occcc1. The number of benzene rings is 1. The van der Waals surface area contributed by atoms with Crippen LogP contribution in [0.25, 0.3) is 11.0 Å². The van der Waals surface area contributed by atoms with Gasteiger partial charge in [0.25, 0.3) is 0 Å². The second-order valence-corrected chi connectivity index (χ2v) is 3.50. The second-order valence-electron chi connectivity index (χ2n) is 3.50. The first kappa shape index (κ1) is 11.2. The van der Waals surface area contributed by atoms with Crippen LogP contribution in [0.2, 0.25) is 0 Å². The van der Waals surface area contributed by atoms with E-state index >= 15 is 0 Å². The Balaban J connectivity index is 2.67. The van der Waals surface area contributed by atoms with Crippen LogP contribution in [0.1, 0.15) is 0 Å². The fraction of sp³-hybridized carbons (Fsp3) is 0. The highest BCUT2D eigenvalue weighted by Gasteiger charge is 1.85. The van der Waals surface area contributed by atoms with Gasteiger partial charge in [0, 0.05) is 5.39 Å². The van der Waals surface area contributed by atoms with E-state index in [4.69, 9.17) is 4.42 Å². The van der Waals surface area contributed by atoms with Crippen molar-refractivity contribution < 1.29 is 4.42 Å². The van der Waals surface area contributed by atoms with E-state index in [0.717, 1.165) is 11.0 Å². The molecule has 0 bridgehead atoms. The summed E-state index contributed by atoms with van der Waals surface area (Å²) in [6.07, 6.45) is 1.68. The Morgan fingerprint density at radius 1 is 0.529 bits per heavy atom. The van der Waals surface area contributed by atoms with Crippen LogP contribution in [0.4, 0.5) is 0 Å². The van der Waals surface area contributed by atoms with Gasteiger partial charge in [-0.05, 0) is 12.1 Å². The zero-order valence-corrected chi connectivity index (χ0v) is 9.49. The topological polar surface area (TPSA) is 13.1 Å². The van der Waals surface area contributed by atoms with Crippen LogP contribution in [0, 0.1) is 0 Å². The number of fused-ring (bicyclic) bond motifs is 1. The van der Waals surface area contributed by atoms with E-state index in [-0.39, 0.29) is 0 Å². The number of hydrogen-bond donors (Lipinski definition) is 0. The molecule has 0 aliphatic rings. The first-order valence-electron chi connectivity index (χ1n) is 5.56. The molecule has 1 nitrogen and oxygen atoms in total. The molecule has 1 aromatic carbocycles. The Morgan fingerprint density at radius 3 is 1.82 bits per heavy atom. The predicted octanol–water partition coefficient (Wildman–Crippen LogP) is 4.68. The highest BCUT2D eigenvalue weighted by molar-refractivity contribution is 5.75. The minimum atomic E-state index is 0.856. The van der Waals surface area contributed by atoms with Crippen molar-refractivity contribution in [3.8, 4) is 0 Å². The van der Waals surface area contributed by atoms with E-state index in [1.807, 2.05) is 78.9 Å². The molecule has 0 radical (unpaired) electrons. The van der Waals surface area contributed by atoms with Gasteiger partial charge in [-0.15, -0.1) is 0 Å². The molecule has 2 aromatic rings. The molecule has 0 amide bonds. The van der Waals surface area contributed by atoms with Crippen molar-refractivity contribution in [2.24, 2.45) is 0 Å². The van der Waals surface area contributed by atoms with E-state index < -0.39 is 0 Å². The van der Waals surface area contributed by atoms with Crippen molar-refractivity contribution in [3.05, 3.63) is 85.1 Å². The Labute approximate surface area is 101 Å². The molecule has 2 rings (SSSR count). The Morgan fingerprint density at radius 2 is 1.06 bits per heavy atom. The van der Waals surface area contributed by atoms with E-state index in [1.54, 1.807) is 6.26 Å². The lowest BCUT2D eigenvalue weighted by molar-refractivity contribution is 0.606. The summed E-state index contributed by atoms with van der Waals surface area (Å²) in [6, 6.07) is 25.7. The van der Waals surface area contributed by atoms with Gasteiger partial charge in [-0.3, -0.25) is 0 Å². The predicted molar refractivity (Wildman–Crippen MR) is 71.5 cm³/mol. The van der Waals surface area contributed by atoms with Crippen molar-refractivity contribution in [2.75, 3.05) is 0 Å². The maximum Gasteiger partial charge on any atom is 0.133 e. The molecule has 1 heteroatoms. The van der Waals surface area contributed by atoms with Gasteiger partial charge in [0.1, 0.15) is 5.58 Å². The maximum atomic E-state index is 5.57. The third-order valence-electron chi connectivity index (χ3n) is 2.25. The molecule has 0 unspecified atom stereocenters. The zero-order valence-electron chi connectivity index (χ0n) is 9.49. The van der Waals surface area contributed by atoms with Crippen LogP contribution < -0.4 is 0 Å². The van der Waals surface area contributed by atoms with Crippen molar-refractivity contribution in [1.82, 2.24) is 0 Å². The van der Waals surface area contributed by atoms with Crippen molar-refractivity contribution >= 4 is 11.0 Å². The molecular formula is C16H14O. The van der Waals surface area contributed by atoms with Crippen LogP contribution >= 0.6 is 0 Å². The van der Waals surface area contributed by atoms with Gasteiger partial charge in [-0.1, -0.05) is 66.7 Å². The van der Waals surface area contributed by atoms with Gasteiger partial charge >= 0.3 is 0 Å². The minimum absolute atomic E-state index is 0.856. The molecule has 17 heavy (non-hydrogen) atoms. The fourth-order valence-corrected chi connectivity index (χ4v) is 1.43. The van der Waals surface area contributed by atoms with Crippen LogP contribution in [-0.2, 0) is 0 Å². The summed E-state index contributed by atoms with van der Waals surface area (Å²) in [6.45, 7) is 0. The van der Waals surface area contributed by atoms with Crippen LogP contribution in [0.5, 0.6) is 0 Å². The lowest BCUT2D eigenvalue weighted by atomic mass is 10.2. The molecule has 1 heterocycles. The quantitative estimate of drug-likeness (QED) is 0.630. The third-order valence-corrected chi connectivity index (χ3v) is 2.25. The van der Waals surface area contributed by atoms with Crippen molar-refractivity contribution in [3.63, 3.8) is 0 Å². The Hall–Kier alpha value is -2.28. The van der Waals surface area contributed by atoms with Gasteiger partial charge in [0.05, 0.1) is 6.26 Å². The third kappa shape index (κ3) is 3.65. The molecule has 0 saturated heterocycles. The van der Waals surface area contributed by atoms with Gasteiger partial charge in [-0.2, -0.15) is 0 Å². The van der Waals surface area contributed by atoms with Crippen molar-refractivity contribution in [1.29, 1.82) is 0 Å². The monoisotopic (exact) mass is 222 g/mol. The van der Waals surface area contributed by atoms with Gasteiger partial charge < -0.3 is 4.42 Å². The largest absolute Gasteiger partial charge is 0.464 e. The Bertz CT molecular complexity index is 530. The lowest BCUT2D eigenvalue weighted by Crippen LogP contribution is -1.64. The summed E-state index contributed by atoms with van der Waals surface area (Å²) >= 11 is 0. The second kappa shape index (κ2) is 6.33. The van der Waals surface area contributed by atoms with Crippen LogP contribution in [0.15, 0.2) is 89.5 Å². The van der Waals surface area contributed by atoms with Crippen molar-refractivity contribution in [2.45, 2.75) is 0 Å². The molecule has 0 fully saturated rings. The summed E-state index contributed by atoms with van der Waals surface area (Å²) in [5.74, 6) is 0. The van der Waals surface area contributed by atoms with Crippen LogP contribution in [-0.4, -0.2) is 0 Å². The Kier molecular flexibility index (Phi) is 4.18. The standard InChI is InChI=1S/C16H14O/c1-2-4-6-10-14-17-16-13-9-8-12-15(16)11-7-5-3-1/h1-14H. The van der Waals surface area contributed by atoms with E-state index in [0.29, 0.717) is 0 Å². The number of para-hydroxylation sites is 1. The summed E-state index contributed by atoms with van der Waals surface area (Å²) in [5.41, 5.74) is 0.856. The summed E-state index contributed by atoms with van der Waals surface area (Å²) in [4.78, 5) is 0. The molecule has 0 aliphatic carbocycles. The smallest absolute Gasteiger partial charge is 0.133 e. The van der Waals surface area contributed by atoms with Gasteiger partial charge in [-0.25, -0.2) is 0 Å². The molecular weight excluding hydrogens is 208 g/mol. The highest BCUT2D eigenvalue weighted by Crippen LogP contribution is 2.08. The van der Waals surface area contributed by atoms with Gasteiger partial charge in [0.2, 0.25) is 0 Å².